The molecule has 5 nitrogen and oxygen atoms in total. The van der Waals surface area contributed by atoms with Gasteiger partial charge in [0.2, 0.25) is 5.91 Å². The minimum Gasteiger partial charge on any atom is -0.497 e. The van der Waals surface area contributed by atoms with E-state index in [1.807, 2.05) is 60.1 Å². The number of nitrogens with one attached hydrogen (secondary N) is 1. The summed E-state index contributed by atoms with van der Waals surface area (Å²) < 4.78 is 7.16. The minimum absolute atomic E-state index is 0.0190. The van der Waals surface area contributed by atoms with Gasteiger partial charge in [-0.1, -0.05) is 36.0 Å². The van der Waals surface area contributed by atoms with Crippen molar-refractivity contribution in [3.63, 3.8) is 0 Å². The monoisotopic (exact) mass is 355 g/mol. The van der Waals surface area contributed by atoms with Gasteiger partial charge in [0.05, 0.1) is 23.9 Å². The molecule has 0 aliphatic rings. The zero-order valence-corrected chi connectivity index (χ0v) is 15.2. The molecule has 0 saturated carbocycles. The van der Waals surface area contributed by atoms with Crippen molar-refractivity contribution in [2.75, 3.05) is 19.4 Å². The number of rotatable bonds is 7. The van der Waals surface area contributed by atoms with Crippen molar-refractivity contribution in [1.29, 1.82) is 0 Å². The van der Waals surface area contributed by atoms with Crippen molar-refractivity contribution >= 4 is 28.7 Å². The first-order chi connectivity index (χ1) is 12.2. The second-order valence-corrected chi connectivity index (χ2v) is 6.62. The number of hydrogen-bond acceptors (Lipinski definition) is 4. The van der Waals surface area contributed by atoms with E-state index in [0.717, 1.165) is 28.4 Å². The summed E-state index contributed by atoms with van der Waals surface area (Å²) in [5.74, 6) is 1.22. The molecule has 0 bridgehead atoms. The van der Waals surface area contributed by atoms with Gasteiger partial charge in [-0.15, -0.1) is 0 Å². The van der Waals surface area contributed by atoms with Crippen molar-refractivity contribution in [1.82, 2.24) is 14.9 Å². The molecule has 6 heteroatoms. The van der Waals surface area contributed by atoms with Crippen LogP contribution in [0.25, 0.3) is 11.0 Å². The number of ether oxygens (including phenoxy) is 1. The molecule has 2 aromatic carbocycles. The third kappa shape index (κ3) is 4.33. The molecule has 1 heterocycles. The Morgan fingerprint density at radius 3 is 2.68 bits per heavy atom. The van der Waals surface area contributed by atoms with E-state index in [-0.39, 0.29) is 5.91 Å². The van der Waals surface area contributed by atoms with Crippen LogP contribution < -0.4 is 10.1 Å². The summed E-state index contributed by atoms with van der Waals surface area (Å²) in [5, 5.41) is 3.81. The molecule has 25 heavy (non-hydrogen) atoms. The number of imidazole rings is 1. The van der Waals surface area contributed by atoms with Gasteiger partial charge in [-0.05, 0) is 36.2 Å². The third-order valence-electron chi connectivity index (χ3n) is 3.97. The highest BCUT2D eigenvalue weighted by atomic mass is 32.2. The van der Waals surface area contributed by atoms with Gasteiger partial charge in [0.25, 0.3) is 0 Å². The van der Waals surface area contributed by atoms with Gasteiger partial charge in [-0.2, -0.15) is 0 Å². The lowest BCUT2D eigenvalue weighted by atomic mass is 10.1. The maximum atomic E-state index is 12.0. The number of carbonyl (C=O) groups excluding carboxylic acids is 1. The van der Waals surface area contributed by atoms with Gasteiger partial charge < -0.3 is 14.6 Å². The lowest BCUT2D eigenvalue weighted by Crippen LogP contribution is -2.27. The number of aryl methyl sites for hydroxylation is 1. The number of benzene rings is 2. The fraction of sp³-hybridized carbons (Fsp3) is 0.263. The van der Waals surface area contributed by atoms with Crippen LogP contribution in [-0.2, 0) is 18.3 Å². The van der Waals surface area contributed by atoms with Crippen LogP contribution >= 0.6 is 11.8 Å². The summed E-state index contributed by atoms with van der Waals surface area (Å²) in [7, 11) is 3.62. The first kappa shape index (κ1) is 17.4. The van der Waals surface area contributed by atoms with Crippen LogP contribution in [0.3, 0.4) is 0 Å². The van der Waals surface area contributed by atoms with Crippen LogP contribution in [0, 0.1) is 0 Å². The summed E-state index contributed by atoms with van der Waals surface area (Å²) in [5.41, 5.74) is 3.20. The molecule has 130 valence electrons. The normalized spacial score (nSPS) is 10.8. The van der Waals surface area contributed by atoms with Gasteiger partial charge in [0, 0.05) is 13.6 Å². The highest BCUT2D eigenvalue weighted by Gasteiger charge is 2.10. The average molecular weight is 355 g/mol. The Morgan fingerprint density at radius 1 is 1.20 bits per heavy atom. The lowest BCUT2D eigenvalue weighted by molar-refractivity contribution is -0.118. The first-order valence-electron chi connectivity index (χ1n) is 8.11. The Balaban J connectivity index is 1.46. The molecule has 1 amide bonds. The molecular formula is C19H21N3O2S. The summed E-state index contributed by atoms with van der Waals surface area (Å²) in [6, 6.07) is 15.9. The van der Waals surface area contributed by atoms with E-state index in [1.54, 1.807) is 7.11 Å². The van der Waals surface area contributed by atoms with E-state index in [0.29, 0.717) is 12.3 Å². The molecule has 0 spiro atoms. The lowest BCUT2D eigenvalue weighted by Gasteiger charge is -2.06. The summed E-state index contributed by atoms with van der Waals surface area (Å²) in [6.07, 6.45) is 0.798. The first-order valence-corrected chi connectivity index (χ1v) is 9.10. The number of carbonyl (C=O) groups is 1. The van der Waals surface area contributed by atoms with Gasteiger partial charge >= 0.3 is 0 Å². The molecule has 1 aromatic heterocycles. The SMILES string of the molecule is COc1ccc(CCNC(=O)CSc2nc3ccccc3n2C)cc1. The van der Waals surface area contributed by atoms with Crippen molar-refractivity contribution in [3.05, 3.63) is 54.1 Å². The number of fused-ring (bicyclic) bond motifs is 1. The third-order valence-corrected chi connectivity index (χ3v) is 5.00. The number of thioether (sulfide) groups is 1. The largest absolute Gasteiger partial charge is 0.497 e. The topological polar surface area (TPSA) is 56.1 Å². The van der Waals surface area contributed by atoms with E-state index in [1.165, 1.54) is 17.3 Å². The number of nitrogens with zero attached hydrogens (tertiary/aromatic N) is 2. The van der Waals surface area contributed by atoms with Crippen LogP contribution in [0.2, 0.25) is 0 Å². The molecular weight excluding hydrogens is 334 g/mol. The summed E-state index contributed by atoms with van der Waals surface area (Å²) in [4.78, 5) is 16.6. The predicted molar refractivity (Wildman–Crippen MR) is 101 cm³/mol. The van der Waals surface area contributed by atoms with Crippen LogP contribution in [0.5, 0.6) is 5.75 Å². The summed E-state index contributed by atoms with van der Waals surface area (Å²) >= 11 is 1.46. The number of aromatic nitrogens is 2. The Labute approximate surface area is 151 Å². The second kappa shape index (κ2) is 8.07. The van der Waals surface area contributed by atoms with Crippen LogP contribution in [0.4, 0.5) is 0 Å². The molecule has 3 rings (SSSR count). The van der Waals surface area contributed by atoms with Crippen molar-refractivity contribution in [2.24, 2.45) is 7.05 Å². The van der Waals surface area contributed by atoms with E-state index in [4.69, 9.17) is 4.74 Å². The number of para-hydroxylation sites is 2. The maximum Gasteiger partial charge on any atom is 0.230 e. The molecule has 0 unspecified atom stereocenters. The fourth-order valence-electron chi connectivity index (χ4n) is 2.57. The fourth-order valence-corrected chi connectivity index (χ4v) is 3.39. The van der Waals surface area contributed by atoms with Gasteiger partial charge in [0.15, 0.2) is 5.16 Å². The van der Waals surface area contributed by atoms with Crippen molar-refractivity contribution < 1.29 is 9.53 Å². The molecule has 0 atom stereocenters. The van der Waals surface area contributed by atoms with Gasteiger partial charge in [-0.3, -0.25) is 4.79 Å². The van der Waals surface area contributed by atoms with E-state index in [2.05, 4.69) is 10.3 Å². The Morgan fingerprint density at radius 2 is 1.96 bits per heavy atom. The number of amides is 1. The minimum atomic E-state index is 0.0190. The molecule has 3 aromatic rings. The van der Waals surface area contributed by atoms with E-state index >= 15 is 0 Å². The van der Waals surface area contributed by atoms with Crippen molar-refractivity contribution in [2.45, 2.75) is 11.6 Å². The van der Waals surface area contributed by atoms with Gasteiger partial charge in [-0.25, -0.2) is 4.98 Å². The molecule has 0 aliphatic carbocycles. The van der Waals surface area contributed by atoms with Gasteiger partial charge in [0.1, 0.15) is 5.75 Å². The number of hydrogen-bond donors (Lipinski definition) is 1. The smallest absolute Gasteiger partial charge is 0.230 e. The Bertz CT molecular complexity index is 859. The molecule has 0 aliphatic heterocycles. The van der Waals surface area contributed by atoms with Crippen LogP contribution in [-0.4, -0.2) is 34.9 Å². The zero-order chi connectivity index (χ0) is 17.6. The molecule has 0 saturated heterocycles. The highest BCUT2D eigenvalue weighted by molar-refractivity contribution is 7.99. The van der Waals surface area contributed by atoms with Crippen LogP contribution in [0.1, 0.15) is 5.56 Å². The molecule has 0 radical (unpaired) electrons. The molecule has 0 fully saturated rings. The number of methoxy groups -OCH3 is 1. The standard InChI is InChI=1S/C19H21N3O2S/c1-22-17-6-4-3-5-16(17)21-19(22)25-13-18(23)20-12-11-14-7-9-15(24-2)10-8-14/h3-10H,11-13H2,1-2H3,(H,20,23). The maximum absolute atomic E-state index is 12.0. The van der Waals surface area contributed by atoms with Crippen molar-refractivity contribution in [3.8, 4) is 5.75 Å². The Hall–Kier alpha value is -2.47. The van der Waals surface area contributed by atoms with Crippen LogP contribution in [0.15, 0.2) is 53.7 Å². The molecule has 1 N–H and O–H groups in total. The predicted octanol–water partition coefficient (Wildman–Crippen LogP) is 3.03. The Kier molecular flexibility index (Phi) is 5.60. The zero-order valence-electron chi connectivity index (χ0n) is 14.4. The highest BCUT2D eigenvalue weighted by Crippen LogP contribution is 2.22. The average Bonchev–Trinajstić information content (AvgIpc) is 2.97. The van der Waals surface area contributed by atoms with E-state index < -0.39 is 0 Å². The second-order valence-electron chi connectivity index (χ2n) is 5.68. The van der Waals surface area contributed by atoms with E-state index in [9.17, 15) is 4.79 Å². The quantitative estimate of drug-likeness (QED) is 0.662. The summed E-state index contributed by atoms with van der Waals surface area (Å²) in [6.45, 7) is 0.619.